The highest BCUT2D eigenvalue weighted by Crippen LogP contribution is 2.26. The molecule has 1 amide bonds. The second-order valence-electron chi connectivity index (χ2n) is 3.91. The summed E-state index contributed by atoms with van der Waals surface area (Å²) < 4.78 is 32.8. The molecule has 0 bridgehead atoms. The van der Waals surface area contributed by atoms with Gasteiger partial charge in [0.05, 0.1) is 20.1 Å². The average Bonchev–Trinajstić information content (AvgIpc) is 2.38. The minimum absolute atomic E-state index is 0.125. The van der Waals surface area contributed by atoms with Crippen LogP contribution < -0.4 is 15.2 Å². The van der Waals surface area contributed by atoms with Crippen molar-refractivity contribution in [2.24, 2.45) is 5.14 Å². The Morgan fingerprint density at radius 1 is 1.40 bits per heavy atom. The third-order valence-corrected chi connectivity index (χ3v) is 3.36. The normalized spacial score (nSPS) is 11.2. The first kappa shape index (κ1) is 16.4. The van der Waals surface area contributed by atoms with E-state index in [-0.39, 0.29) is 23.0 Å². The summed E-state index contributed by atoms with van der Waals surface area (Å²) in [6.45, 7) is 2.67. The highest BCUT2D eigenvalue weighted by molar-refractivity contribution is 7.89. The Labute approximate surface area is 118 Å². The smallest absolute Gasteiger partial charge is 0.241 e. The molecule has 8 heteroatoms. The van der Waals surface area contributed by atoms with Crippen LogP contribution >= 0.6 is 0 Å². The number of benzene rings is 1. The van der Waals surface area contributed by atoms with Crippen LogP contribution in [-0.4, -0.2) is 34.6 Å². The van der Waals surface area contributed by atoms with Gasteiger partial charge >= 0.3 is 0 Å². The predicted octanol–water partition coefficient (Wildman–Crippen LogP) is 0.708. The molecule has 1 rings (SSSR count). The molecular weight excluding hydrogens is 284 g/mol. The maximum Gasteiger partial charge on any atom is 0.241 e. The number of carbonyl (C=O) groups is 1. The molecule has 7 nitrogen and oxygen atoms in total. The van der Waals surface area contributed by atoms with Crippen LogP contribution in [0.25, 0.3) is 0 Å². The van der Waals surface area contributed by atoms with Crippen molar-refractivity contribution >= 4 is 21.6 Å². The molecule has 0 aliphatic rings. The third kappa shape index (κ3) is 4.80. The van der Waals surface area contributed by atoms with E-state index in [1.807, 2.05) is 6.92 Å². The van der Waals surface area contributed by atoms with E-state index in [2.05, 4.69) is 5.32 Å². The van der Waals surface area contributed by atoms with E-state index in [0.717, 1.165) is 0 Å². The van der Waals surface area contributed by atoms with Gasteiger partial charge in [-0.1, -0.05) is 0 Å². The van der Waals surface area contributed by atoms with Crippen molar-refractivity contribution in [2.75, 3.05) is 25.6 Å². The summed E-state index contributed by atoms with van der Waals surface area (Å²) in [6.07, 6.45) is 0.185. The second kappa shape index (κ2) is 7.22. The first-order chi connectivity index (χ1) is 9.38. The summed E-state index contributed by atoms with van der Waals surface area (Å²) in [5.74, 6) is -0.149. The molecule has 3 N–H and O–H groups in total. The van der Waals surface area contributed by atoms with E-state index in [1.54, 1.807) is 0 Å². The molecule has 112 valence electrons. The monoisotopic (exact) mass is 302 g/mol. The molecular formula is C12H18N2O5S. The van der Waals surface area contributed by atoms with Gasteiger partial charge in [0, 0.05) is 12.3 Å². The van der Waals surface area contributed by atoms with Crippen LogP contribution in [0.5, 0.6) is 5.75 Å². The van der Waals surface area contributed by atoms with Crippen molar-refractivity contribution in [1.29, 1.82) is 0 Å². The lowest BCUT2D eigenvalue weighted by Crippen LogP contribution is -2.16. The van der Waals surface area contributed by atoms with Crippen molar-refractivity contribution in [1.82, 2.24) is 0 Å². The van der Waals surface area contributed by atoms with Gasteiger partial charge in [0.2, 0.25) is 15.9 Å². The van der Waals surface area contributed by atoms with E-state index in [9.17, 15) is 13.2 Å². The Morgan fingerprint density at radius 3 is 2.65 bits per heavy atom. The number of hydrogen-bond acceptors (Lipinski definition) is 5. The van der Waals surface area contributed by atoms with Gasteiger partial charge in [0.15, 0.2) is 0 Å². The van der Waals surface area contributed by atoms with Crippen LogP contribution in [0, 0.1) is 0 Å². The summed E-state index contributed by atoms with van der Waals surface area (Å²) in [6, 6.07) is 4.22. The lowest BCUT2D eigenvalue weighted by molar-refractivity contribution is -0.117. The first-order valence-electron chi connectivity index (χ1n) is 5.97. The fourth-order valence-electron chi connectivity index (χ4n) is 1.51. The molecule has 0 aliphatic carbocycles. The van der Waals surface area contributed by atoms with E-state index < -0.39 is 10.0 Å². The van der Waals surface area contributed by atoms with Gasteiger partial charge < -0.3 is 14.8 Å². The van der Waals surface area contributed by atoms with Crippen molar-refractivity contribution in [3.63, 3.8) is 0 Å². The second-order valence-corrected chi connectivity index (χ2v) is 5.44. The van der Waals surface area contributed by atoms with Crippen molar-refractivity contribution in [3.8, 4) is 5.75 Å². The van der Waals surface area contributed by atoms with Gasteiger partial charge in [-0.25, -0.2) is 13.6 Å². The van der Waals surface area contributed by atoms with Crippen molar-refractivity contribution in [2.45, 2.75) is 18.2 Å². The van der Waals surface area contributed by atoms with Crippen LogP contribution in [-0.2, 0) is 19.6 Å². The number of anilines is 1. The molecule has 0 saturated carbocycles. The fourth-order valence-corrected chi connectivity index (χ4v) is 2.23. The quantitative estimate of drug-likeness (QED) is 0.721. The highest BCUT2D eigenvalue weighted by atomic mass is 32.2. The lowest BCUT2D eigenvalue weighted by atomic mass is 10.3. The van der Waals surface area contributed by atoms with Crippen LogP contribution in [0.2, 0.25) is 0 Å². The van der Waals surface area contributed by atoms with Gasteiger partial charge in [-0.2, -0.15) is 0 Å². The zero-order chi connectivity index (χ0) is 15.2. The Bertz CT molecular complexity index is 571. The molecule has 0 heterocycles. The molecule has 0 fully saturated rings. The van der Waals surface area contributed by atoms with Gasteiger partial charge in [-0.05, 0) is 25.1 Å². The minimum atomic E-state index is -3.93. The molecule has 0 radical (unpaired) electrons. The van der Waals surface area contributed by atoms with Crippen LogP contribution in [0.1, 0.15) is 13.3 Å². The summed E-state index contributed by atoms with van der Waals surface area (Å²) in [7, 11) is -2.59. The van der Waals surface area contributed by atoms with E-state index in [4.69, 9.17) is 14.6 Å². The fraction of sp³-hybridized carbons (Fsp3) is 0.417. The number of nitrogens with two attached hydrogens (primary N) is 1. The Kier molecular flexibility index (Phi) is 5.93. The molecule has 1 aromatic carbocycles. The van der Waals surface area contributed by atoms with E-state index in [1.165, 1.54) is 25.3 Å². The largest absolute Gasteiger partial charge is 0.495 e. The summed E-state index contributed by atoms with van der Waals surface area (Å²) in [5.41, 5.74) is 0.330. The standard InChI is InChI=1S/C12H18N2O5S/c1-3-19-7-6-12(15)14-9-4-5-10(18-2)11(8-9)20(13,16)17/h4-5,8H,3,6-7H2,1-2H3,(H,14,15)(H2,13,16,17). The lowest BCUT2D eigenvalue weighted by Gasteiger charge is -2.10. The van der Waals surface area contributed by atoms with Gasteiger partial charge in [-0.3, -0.25) is 4.79 Å². The number of nitrogens with one attached hydrogen (secondary N) is 1. The van der Waals surface area contributed by atoms with Crippen LogP contribution in [0.4, 0.5) is 5.69 Å². The zero-order valence-electron chi connectivity index (χ0n) is 11.4. The molecule has 0 aromatic heterocycles. The summed E-state index contributed by atoms with van der Waals surface area (Å²) >= 11 is 0. The number of primary sulfonamides is 1. The Balaban J connectivity index is 2.85. The van der Waals surface area contributed by atoms with Gasteiger partial charge in [0.25, 0.3) is 0 Å². The zero-order valence-corrected chi connectivity index (χ0v) is 12.2. The third-order valence-electron chi connectivity index (χ3n) is 2.43. The number of sulfonamides is 1. The Morgan fingerprint density at radius 2 is 2.10 bits per heavy atom. The van der Waals surface area contributed by atoms with Gasteiger partial charge in [-0.15, -0.1) is 0 Å². The van der Waals surface area contributed by atoms with Crippen LogP contribution in [0.15, 0.2) is 23.1 Å². The summed E-state index contributed by atoms with van der Waals surface area (Å²) in [4.78, 5) is 11.4. The first-order valence-corrected chi connectivity index (χ1v) is 7.51. The minimum Gasteiger partial charge on any atom is -0.495 e. The molecule has 20 heavy (non-hydrogen) atoms. The number of methoxy groups -OCH3 is 1. The maximum absolute atomic E-state index is 11.6. The highest BCUT2D eigenvalue weighted by Gasteiger charge is 2.16. The van der Waals surface area contributed by atoms with Crippen LogP contribution in [0.3, 0.4) is 0 Å². The number of hydrogen-bond donors (Lipinski definition) is 2. The maximum atomic E-state index is 11.6. The van der Waals surface area contributed by atoms with Crippen molar-refractivity contribution in [3.05, 3.63) is 18.2 Å². The molecule has 0 spiro atoms. The molecule has 0 unspecified atom stereocenters. The molecule has 0 saturated heterocycles. The van der Waals surface area contributed by atoms with E-state index >= 15 is 0 Å². The number of carbonyl (C=O) groups excluding carboxylic acids is 1. The van der Waals surface area contributed by atoms with Gasteiger partial charge in [0.1, 0.15) is 10.6 Å². The van der Waals surface area contributed by atoms with E-state index in [0.29, 0.717) is 18.9 Å². The Hall–Kier alpha value is -1.64. The number of ether oxygens (including phenoxy) is 2. The molecule has 0 atom stereocenters. The molecule has 1 aromatic rings. The topological polar surface area (TPSA) is 108 Å². The van der Waals surface area contributed by atoms with Crippen molar-refractivity contribution < 1.29 is 22.7 Å². The predicted molar refractivity (Wildman–Crippen MR) is 74.1 cm³/mol. The average molecular weight is 302 g/mol. The SMILES string of the molecule is CCOCCC(=O)Nc1ccc(OC)c(S(N)(=O)=O)c1. The number of amides is 1. The number of rotatable bonds is 7. The summed E-state index contributed by atoms with van der Waals surface area (Å²) in [5, 5.41) is 7.66. The molecule has 0 aliphatic heterocycles.